The highest BCUT2D eigenvalue weighted by Crippen LogP contribution is 2.12. The first-order valence-corrected chi connectivity index (χ1v) is 6.18. The van der Waals surface area contributed by atoms with Crippen molar-refractivity contribution in [2.24, 2.45) is 0 Å². The van der Waals surface area contributed by atoms with Crippen LogP contribution in [0, 0.1) is 0 Å². The second-order valence-corrected chi connectivity index (χ2v) is 4.17. The molecule has 1 aromatic heterocycles. The Morgan fingerprint density at radius 3 is 2.47 bits per heavy atom. The number of hydrogen-bond donors (Lipinski definition) is 0. The Hall–Kier alpha value is -1.48. The van der Waals surface area contributed by atoms with Gasteiger partial charge in [-0.1, -0.05) is 24.3 Å². The Morgan fingerprint density at radius 2 is 1.88 bits per heavy atom. The van der Waals surface area contributed by atoms with Gasteiger partial charge < -0.3 is 0 Å². The molecule has 0 aliphatic carbocycles. The van der Waals surface area contributed by atoms with Crippen LogP contribution in [0.3, 0.4) is 0 Å². The summed E-state index contributed by atoms with van der Waals surface area (Å²) in [6.45, 7) is 3.10. The summed E-state index contributed by atoms with van der Waals surface area (Å²) in [7, 11) is 0. The summed E-state index contributed by atoms with van der Waals surface area (Å²) in [5.74, 6) is 0.442. The van der Waals surface area contributed by atoms with Gasteiger partial charge in [-0.3, -0.25) is 9.13 Å². The molecule has 0 radical (unpaired) electrons. The number of alkyl halides is 1. The van der Waals surface area contributed by atoms with Crippen LogP contribution in [0.15, 0.2) is 41.2 Å². The first-order valence-electron chi connectivity index (χ1n) is 5.64. The molecule has 0 spiro atoms. The summed E-state index contributed by atoms with van der Waals surface area (Å²) in [5, 5.41) is 0. The van der Waals surface area contributed by atoms with Crippen molar-refractivity contribution in [3.63, 3.8) is 0 Å². The molecule has 3 nitrogen and oxygen atoms in total. The van der Waals surface area contributed by atoms with E-state index in [0.29, 0.717) is 19.0 Å². The highest BCUT2D eigenvalue weighted by molar-refractivity contribution is 6.17. The largest absolute Gasteiger partial charge is 0.329 e. The molecule has 1 heterocycles. The van der Waals surface area contributed by atoms with Crippen molar-refractivity contribution in [3.05, 3.63) is 46.9 Å². The molecule has 0 aliphatic heterocycles. The number of aromatic nitrogens is 2. The van der Waals surface area contributed by atoms with E-state index in [0.717, 1.165) is 11.0 Å². The molecule has 4 heteroatoms. The number of fused-ring (bicyclic) bond motifs is 1. The molecule has 90 valence electrons. The molecule has 0 unspecified atom stereocenters. The molecule has 1 aromatic carbocycles. The lowest BCUT2D eigenvalue weighted by Crippen LogP contribution is -2.24. The summed E-state index contributed by atoms with van der Waals surface area (Å²) in [6.07, 6.45) is 3.92. The highest BCUT2D eigenvalue weighted by Gasteiger charge is 2.10. The zero-order valence-corrected chi connectivity index (χ0v) is 10.5. The zero-order valence-electron chi connectivity index (χ0n) is 9.77. The molecule has 2 rings (SSSR count). The van der Waals surface area contributed by atoms with Crippen LogP contribution in [0.4, 0.5) is 0 Å². The standard InChI is InChI=1S/C13H15ClN2O/c1-2-3-9-15-11-6-4-5-7-12(11)16(10-8-14)13(15)17/h2-7H,8-10H2,1H3. The van der Waals surface area contributed by atoms with E-state index in [1.165, 1.54) is 0 Å². The molecule has 0 N–H and O–H groups in total. The second-order valence-electron chi connectivity index (χ2n) is 3.79. The van der Waals surface area contributed by atoms with Gasteiger partial charge in [-0.25, -0.2) is 4.79 Å². The number of rotatable bonds is 4. The number of halogens is 1. The SMILES string of the molecule is CC=CCn1c(=O)n(CCCl)c2ccccc21. The van der Waals surface area contributed by atoms with Crippen molar-refractivity contribution in [2.75, 3.05) is 5.88 Å². The number of imidazole rings is 1. The number of aryl methyl sites for hydroxylation is 1. The van der Waals surface area contributed by atoms with Crippen molar-refractivity contribution < 1.29 is 0 Å². The van der Waals surface area contributed by atoms with E-state index in [1.54, 1.807) is 9.13 Å². The van der Waals surface area contributed by atoms with Crippen molar-refractivity contribution in [3.8, 4) is 0 Å². The Morgan fingerprint density at radius 1 is 1.24 bits per heavy atom. The van der Waals surface area contributed by atoms with Crippen LogP contribution < -0.4 is 5.69 Å². The Labute approximate surface area is 105 Å². The van der Waals surface area contributed by atoms with E-state index in [2.05, 4.69) is 0 Å². The third-order valence-electron chi connectivity index (χ3n) is 2.76. The predicted octanol–water partition coefficient (Wildman–Crippen LogP) is 2.62. The molecule has 0 aliphatic rings. The minimum absolute atomic E-state index is 0.00458. The zero-order chi connectivity index (χ0) is 12.3. The van der Waals surface area contributed by atoms with Crippen LogP contribution in [0.2, 0.25) is 0 Å². The van der Waals surface area contributed by atoms with Crippen molar-refractivity contribution in [1.82, 2.24) is 9.13 Å². The van der Waals surface area contributed by atoms with Gasteiger partial charge in [0, 0.05) is 19.0 Å². The normalized spacial score (nSPS) is 11.6. The van der Waals surface area contributed by atoms with Gasteiger partial charge in [0.25, 0.3) is 0 Å². The van der Waals surface area contributed by atoms with Crippen molar-refractivity contribution >= 4 is 22.6 Å². The number of nitrogens with zero attached hydrogens (tertiary/aromatic N) is 2. The summed E-state index contributed by atoms with van der Waals surface area (Å²) in [4.78, 5) is 12.2. The molecule has 0 saturated carbocycles. The Balaban J connectivity index is 2.65. The first-order chi connectivity index (χ1) is 8.29. The van der Waals surface area contributed by atoms with Crippen LogP contribution >= 0.6 is 11.6 Å². The van der Waals surface area contributed by atoms with E-state index in [4.69, 9.17) is 11.6 Å². The summed E-state index contributed by atoms with van der Waals surface area (Å²) < 4.78 is 3.49. The summed E-state index contributed by atoms with van der Waals surface area (Å²) in [5.41, 5.74) is 1.91. The van der Waals surface area contributed by atoms with Gasteiger partial charge in [0.1, 0.15) is 0 Å². The van der Waals surface area contributed by atoms with Crippen LogP contribution in [-0.4, -0.2) is 15.0 Å². The maximum atomic E-state index is 12.2. The lowest BCUT2D eigenvalue weighted by Gasteiger charge is -1.97. The number of benzene rings is 1. The Bertz CT molecular complexity index is 595. The number of hydrogen-bond acceptors (Lipinski definition) is 1. The molecule has 2 aromatic rings. The molecule has 0 atom stereocenters. The maximum absolute atomic E-state index is 12.2. The quantitative estimate of drug-likeness (QED) is 0.605. The van der Waals surface area contributed by atoms with E-state index in [9.17, 15) is 4.79 Å². The van der Waals surface area contributed by atoms with E-state index in [-0.39, 0.29) is 5.69 Å². The molecule has 0 amide bonds. The van der Waals surface area contributed by atoms with E-state index < -0.39 is 0 Å². The van der Waals surface area contributed by atoms with Gasteiger partial charge in [-0.05, 0) is 19.1 Å². The predicted molar refractivity (Wildman–Crippen MR) is 71.7 cm³/mol. The average Bonchev–Trinajstić information content (AvgIpc) is 2.61. The van der Waals surface area contributed by atoms with Gasteiger partial charge in [0.05, 0.1) is 11.0 Å². The fourth-order valence-electron chi connectivity index (χ4n) is 1.96. The lowest BCUT2D eigenvalue weighted by atomic mass is 10.3. The van der Waals surface area contributed by atoms with Crippen molar-refractivity contribution in [2.45, 2.75) is 20.0 Å². The third kappa shape index (κ3) is 2.15. The average molecular weight is 251 g/mol. The molecule has 0 bridgehead atoms. The maximum Gasteiger partial charge on any atom is 0.329 e. The fraction of sp³-hybridized carbons (Fsp3) is 0.308. The minimum Gasteiger partial charge on any atom is -0.291 e. The summed E-state index contributed by atoms with van der Waals surface area (Å²) in [6, 6.07) is 7.80. The lowest BCUT2D eigenvalue weighted by molar-refractivity contribution is 0.694. The molecule has 17 heavy (non-hydrogen) atoms. The minimum atomic E-state index is 0.00458. The van der Waals surface area contributed by atoms with Gasteiger partial charge >= 0.3 is 5.69 Å². The highest BCUT2D eigenvalue weighted by atomic mass is 35.5. The number of para-hydroxylation sites is 2. The second kappa shape index (κ2) is 5.23. The van der Waals surface area contributed by atoms with Crippen LogP contribution in [0.1, 0.15) is 6.92 Å². The van der Waals surface area contributed by atoms with E-state index >= 15 is 0 Å². The molecular weight excluding hydrogens is 236 g/mol. The van der Waals surface area contributed by atoms with Gasteiger partial charge in [0.2, 0.25) is 0 Å². The fourth-order valence-corrected chi connectivity index (χ4v) is 2.13. The van der Waals surface area contributed by atoms with Gasteiger partial charge in [-0.2, -0.15) is 0 Å². The smallest absolute Gasteiger partial charge is 0.291 e. The van der Waals surface area contributed by atoms with Crippen LogP contribution in [0.25, 0.3) is 11.0 Å². The molecule has 0 saturated heterocycles. The third-order valence-corrected chi connectivity index (χ3v) is 2.93. The van der Waals surface area contributed by atoms with E-state index in [1.807, 2.05) is 43.3 Å². The van der Waals surface area contributed by atoms with Crippen molar-refractivity contribution in [1.29, 1.82) is 0 Å². The molecular formula is C13H15ClN2O. The monoisotopic (exact) mass is 250 g/mol. The summed E-state index contributed by atoms with van der Waals surface area (Å²) >= 11 is 5.74. The van der Waals surface area contributed by atoms with Crippen LogP contribution in [0.5, 0.6) is 0 Å². The topological polar surface area (TPSA) is 26.9 Å². The van der Waals surface area contributed by atoms with Crippen LogP contribution in [-0.2, 0) is 13.1 Å². The first kappa shape index (κ1) is 12.0. The Kier molecular flexibility index (Phi) is 3.69. The number of allylic oxidation sites excluding steroid dienone is 2. The molecule has 0 fully saturated rings. The van der Waals surface area contributed by atoms with Gasteiger partial charge in [0.15, 0.2) is 0 Å². The van der Waals surface area contributed by atoms with Gasteiger partial charge in [-0.15, -0.1) is 11.6 Å².